The van der Waals surface area contributed by atoms with Gasteiger partial charge in [0.25, 0.3) is 0 Å². The second-order valence-electron chi connectivity index (χ2n) is 3.41. The molecule has 0 bridgehead atoms. The van der Waals surface area contributed by atoms with Gasteiger partial charge in [-0.25, -0.2) is 4.98 Å². The summed E-state index contributed by atoms with van der Waals surface area (Å²) < 4.78 is 1.75. The van der Waals surface area contributed by atoms with Crippen molar-refractivity contribution in [2.75, 3.05) is 0 Å². The Balaban J connectivity index is 2.94. The van der Waals surface area contributed by atoms with E-state index in [1.54, 1.807) is 4.68 Å². The van der Waals surface area contributed by atoms with E-state index in [9.17, 15) is 0 Å². The molecule has 0 amide bonds. The van der Waals surface area contributed by atoms with E-state index in [0.29, 0.717) is 5.92 Å². The first kappa shape index (κ1) is 9.19. The third kappa shape index (κ3) is 1.64. The second kappa shape index (κ2) is 3.23. The van der Waals surface area contributed by atoms with Gasteiger partial charge in [0.2, 0.25) is 0 Å². The summed E-state index contributed by atoms with van der Waals surface area (Å²) in [5.74, 6) is 2.04. The van der Waals surface area contributed by atoms with Crippen LogP contribution < -0.4 is 5.73 Å². The first-order valence-corrected chi connectivity index (χ1v) is 4.15. The Kier molecular flexibility index (Phi) is 2.47. The molecule has 12 heavy (non-hydrogen) atoms. The minimum absolute atomic E-state index is 0.0174. The zero-order valence-corrected chi connectivity index (χ0v) is 8.07. The topological polar surface area (TPSA) is 56.7 Å². The van der Waals surface area contributed by atoms with Crippen LogP contribution >= 0.6 is 0 Å². The molecule has 1 heterocycles. The van der Waals surface area contributed by atoms with Crippen LogP contribution in [-0.2, 0) is 7.05 Å². The van der Waals surface area contributed by atoms with Crippen molar-refractivity contribution in [1.82, 2.24) is 14.8 Å². The van der Waals surface area contributed by atoms with E-state index >= 15 is 0 Å². The standard InChI is InChI=1S/C8H16N4/c1-5(2)7(9)8-10-6(3)11-12(8)4/h5,7H,9H2,1-4H3. The summed E-state index contributed by atoms with van der Waals surface area (Å²) in [6.07, 6.45) is 0. The first-order valence-electron chi connectivity index (χ1n) is 4.15. The molecule has 4 heteroatoms. The summed E-state index contributed by atoms with van der Waals surface area (Å²) in [6.45, 7) is 6.03. The third-order valence-corrected chi connectivity index (χ3v) is 1.92. The zero-order chi connectivity index (χ0) is 9.30. The van der Waals surface area contributed by atoms with Crippen molar-refractivity contribution in [2.45, 2.75) is 26.8 Å². The van der Waals surface area contributed by atoms with Gasteiger partial charge in [-0.2, -0.15) is 5.10 Å². The van der Waals surface area contributed by atoms with E-state index in [1.165, 1.54) is 0 Å². The van der Waals surface area contributed by atoms with Crippen LogP contribution in [0.25, 0.3) is 0 Å². The second-order valence-corrected chi connectivity index (χ2v) is 3.41. The van der Waals surface area contributed by atoms with Gasteiger partial charge in [-0.15, -0.1) is 0 Å². The predicted molar refractivity (Wildman–Crippen MR) is 47.5 cm³/mol. The maximum absolute atomic E-state index is 5.93. The van der Waals surface area contributed by atoms with Crippen molar-refractivity contribution < 1.29 is 0 Å². The summed E-state index contributed by atoms with van der Waals surface area (Å²) in [5.41, 5.74) is 5.93. The highest BCUT2D eigenvalue weighted by Gasteiger charge is 2.16. The summed E-state index contributed by atoms with van der Waals surface area (Å²) in [4.78, 5) is 4.26. The molecule has 0 saturated heterocycles. The Hall–Kier alpha value is -0.900. The number of nitrogens with two attached hydrogens (primary N) is 1. The van der Waals surface area contributed by atoms with Gasteiger partial charge in [-0.3, -0.25) is 4.68 Å². The van der Waals surface area contributed by atoms with Gasteiger partial charge in [0.05, 0.1) is 6.04 Å². The number of rotatable bonds is 2. The molecule has 1 aromatic rings. The van der Waals surface area contributed by atoms with Crippen LogP contribution in [0.2, 0.25) is 0 Å². The Bertz CT molecular complexity index is 264. The fourth-order valence-corrected chi connectivity index (χ4v) is 1.12. The van der Waals surface area contributed by atoms with E-state index in [0.717, 1.165) is 11.6 Å². The van der Waals surface area contributed by atoms with E-state index in [-0.39, 0.29) is 6.04 Å². The van der Waals surface area contributed by atoms with Gasteiger partial charge in [0, 0.05) is 7.05 Å². The van der Waals surface area contributed by atoms with Crippen LogP contribution in [0.15, 0.2) is 0 Å². The van der Waals surface area contributed by atoms with Gasteiger partial charge < -0.3 is 5.73 Å². The number of hydrogen-bond donors (Lipinski definition) is 1. The largest absolute Gasteiger partial charge is 0.321 e. The summed E-state index contributed by atoms with van der Waals surface area (Å²) in [7, 11) is 1.87. The molecule has 0 spiro atoms. The van der Waals surface area contributed by atoms with E-state index in [4.69, 9.17) is 5.73 Å². The SMILES string of the molecule is Cc1nc(C(N)C(C)C)n(C)n1. The lowest BCUT2D eigenvalue weighted by molar-refractivity contribution is 0.469. The Morgan fingerprint density at radius 1 is 1.42 bits per heavy atom. The smallest absolute Gasteiger partial charge is 0.147 e. The van der Waals surface area contributed by atoms with Crippen LogP contribution in [-0.4, -0.2) is 14.8 Å². The van der Waals surface area contributed by atoms with E-state index in [2.05, 4.69) is 23.9 Å². The molecule has 0 aliphatic heterocycles. The molecule has 1 aromatic heterocycles. The Morgan fingerprint density at radius 3 is 2.33 bits per heavy atom. The molecule has 1 unspecified atom stereocenters. The van der Waals surface area contributed by atoms with Crippen LogP contribution in [0.1, 0.15) is 31.5 Å². The number of aryl methyl sites for hydroxylation is 2. The molecule has 0 aliphatic rings. The van der Waals surface area contributed by atoms with Gasteiger partial charge in [-0.05, 0) is 12.8 Å². The molecule has 0 saturated carbocycles. The van der Waals surface area contributed by atoms with E-state index < -0.39 is 0 Å². The molecule has 0 fully saturated rings. The average Bonchev–Trinajstić information content (AvgIpc) is 2.28. The molecular formula is C8H16N4. The van der Waals surface area contributed by atoms with Crippen molar-refractivity contribution in [1.29, 1.82) is 0 Å². The van der Waals surface area contributed by atoms with Crippen molar-refractivity contribution in [3.05, 3.63) is 11.6 Å². The number of aromatic nitrogens is 3. The highest BCUT2D eigenvalue weighted by Crippen LogP contribution is 2.15. The molecule has 0 aromatic carbocycles. The molecular weight excluding hydrogens is 152 g/mol. The van der Waals surface area contributed by atoms with Crippen molar-refractivity contribution in [3.63, 3.8) is 0 Å². The number of hydrogen-bond acceptors (Lipinski definition) is 3. The fourth-order valence-electron chi connectivity index (χ4n) is 1.12. The van der Waals surface area contributed by atoms with Crippen molar-refractivity contribution in [2.24, 2.45) is 18.7 Å². The van der Waals surface area contributed by atoms with Gasteiger partial charge in [0.1, 0.15) is 11.6 Å². The van der Waals surface area contributed by atoms with Gasteiger partial charge >= 0.3 is 0 Å². The van der Waals surface area contributed by atoms with Crippen LogP contribution in [0.4, 0.5) is 0 Å². The van der Waals surface area contributed by atoms with E-state index in [1.807, 2.05) is 14.0 Å². The fraction of sp³-hybridized carbons (Fsp3) is 0.750. The monoisotopic (exact) mass is 168 g/mol. The predicted octanol–water partition coefficient (Wildman–Crippen LogP) is 0.779. The molecule has 68 valence electrons. The summed E-state index contributed by atoms with van der Waals surface area (Å²) in [5, 5.41) is 4.14. The molecule has 2 N–H and O–H groups in total. The normalized spacial score (nSPS) is 13.8. The molecule has 1 rings (SSSR count). The maximum atomic E-state index is 5.93. The number of nitrogens with zero attached hydrogens (tertiary/aromatic N) is 3. The van der Waals surface area contributed by atoms with Crippen LogP contribution in [0, 0.1) is 12.8 Å². The van der Waals surface area contributed by atoms with Gasteiger partial charge in [-0.1, -0.05) is 13.8 Å². The molecule has 0 aliphatic carbocycles. The lowest BCUT2D eigenvalue weighted by atomic mass is 10.1. The minimum atomic E-state index is -0.0174. The van der Waals surface area contributed by atoms with Crippen molar-refractivity contribution >= 4 is 0 Å². The van der Waals surface area contributed by atoms with Gasteiger partial charge in [0.15, 0.2) is 0 Å². The zero-order valence-electron chi connectivity index (χ0n) is 8.07. The minimum Gasteiger partial charge on any atom is -0.321 e. The molecule has 0 radical (unpaired) electrons. The quantitative estimate of drug-likeness (QED) is 0.710. The summed E-state index contributed by atoms with van der Waals surface area (Å²) in [6, 6.07) is -0.0174. The van der Waals surface area contributed by atoms with Crippen molar-refractivity contribution in [3.8, 4) is 0 Å². The Labute approximate surface area is 72.8 Å². The first-order chi connectivity index (χ1) is 5.52. The average molecular weight is 168 g/mol. The highest BCUT2D eigenvalue weighted by molar-refractivity contribution is 4.97. The third-order valence-electron chi connectivity index (χ3n) is 1.92. The van der Waals surface area contributed by atoms with Crippen LogP contribution in [0.3, 0.4) is 0 Å². The molecule has 1 atom stereocenters. The summed E-state index contributed by atoms with van der Waals surface area (Å²) >= 11 is 0. The molecule has 4 nitrogen and oxygen atoms in total. The lowest BCUT2D eigenvalue weighted by Crippen LogP contribution is -2.20. The maximum Gasteiger partial charge on any atom is 0.147 e. The van der Waals surface area contributed by atoms with Crippen LogP contribution in [0.5, 0.6) is 0 Å². The highest BCUT2D eigenvalue weighted by atomic mass is 15.3. The Morgan fingerprint density at radius 2 is 2.00 bits per heavy atom. The lowest BCUT2D eigenvalue weighted by Gasteiger charge is -2.13.